The van der Waals surface area contributed by atoms with Crippen LogP contribution in [0.15, 0.2) is 24.4 Å². The van der Waals surface area contributed by atoms with E-state index in [1.165, 1.54) is 11.3 Å². The van der Waals surface area contributed by atoms with Crippen LogP contribution in [0, 0.1) is 6.92 Å². The van der Waals surface area contributed by atoms with Gasteiger partial charge in [0, 0.05) is 23.7 Å². The van der Waals surface area contributed by atoms with E-state index in [1.807, 2.05) is 6.92 Å². The van der Waals surface area contributed by atoms with Gasteiger partial charge in [-0.05, 0) is 26.0 Å². The first-order chi connectivity index (χ1) is 11.6. The van der Waals surface area contributed by atoms with Crippen molar-refractivity contribution in [1.82, 2.24) is 9.88 Å². The van der Waals surface area contributed by atoms with Crippen LogP contribution in [0.4, 0.5) is 0 Å². The van der Waals surface area contributed by atoms with E-state index in [0.717, 1.165) is 11.4 Å². The Morgan fingerprint density at radius 3 is 2.88 bits per heavy atom. The third kappa shape index (κ3) is 5.42. The van der Waals surface area contributed by atoms with Gasteiger partial charge in [0.25, 0.3) is 0 Å². The average Bonchev–Trinajstić information content (AvgIpc) is 2.99. The van der Waals surface area contributed by atoms with Gasteiger partial charge in [-0.3, -0.25) is 4.90 Å². The number of hydrogen-bond acceptors (Lipinski definition) is 6. The van der Waals surface area contributed by atoms with Crippen LogP contribution >= 0.6 is 11.3 Å². The topological polar surface area (TPSA) is 71.9 Å². The first-order valence-electron chi connectivity index (χ1n) is 7.80. The molecule has 1 aromatic carbocycles. The maximum Gasteiger partial charge on any atom is 1.00 e. The molecule has 0 unspecified atom stereocenters. The number of halogens is 1. The van der Waals surface area contributed by atoms with E-state index in [4.69, 9.17) is 9.47 Å². The van der Waals surface area contributed by atoms with Crippen molar-refractivity contribution in [2.75, 3.05) is 26.5 Å². The Hall–Kier alpha value is -0.670. The second-order valence-corrected chi connectivity index (χ2v) is 7.00. The molecule has 0 amide bonds. The number of carbonyl (C=O) groups is 1. The first kappa shape index (κ1) is 23.4. The van der Waals surface area contributed by atoms with Gasteiger partial charge in [0.2, 0.25) is 0 Å². The number of aromatic nitrogens is 1. The molecule has 3 rings (SSSR count). The van der Waals surface area contributed by atoms with Crippen molar-refractivity contribution in [2.24, 2.45) is 0 Å². The van der Waals surface area contributed by atoms with Gasteiger partial charge in [-0.25, -0.2) is 9.78 Å². The van der Waals surface area contributed by atoms with Crippen LogP contribution in [0.3, 0.4) is 0 Å². The number of carboxylic acid groups (broad SMARTS) is 1. The predicted octanol–water partition coefficient (Wildman–Crippen LogP) is -3.12. The van der Waals surface area contributed by atoms with Crippen molar-refractivity contribution in [3.05, 3.63) is 34.8 Å². The molecule has 136 valence electrons. The number of morpholine rings is 1. The zero-order chi connectivity index (χ0) is 17.1. The molecular weight excluding hydrogens is 387 g/mol. The molecule has 1 aliphatic heterocycles. The van der Waals surface area contributed by atoms with Crippen LogP contribution in [0.5, 0.6) is 5.75 Å². The molecule has 1 atom stereocenters. The monoisotopic (exact) mass is 406 g/mol. The third-order valence-electron chi connectivity index (χ3n) is 3.98. The molecule has 1 aliphatic rings. The first-order valence-corrected chi connectivity index (χ1v) is 8.61. The number of carboxylic acids is 1. The quantitative estimate of drug-likeness (QED) is 0.530. The van der Waals surface area contributed by atoms with E-state index in [9.17, 15) is 9.90 Å². The summed E-state index contributed by atoms with van der Waals surface area (Å²) in [5.74, 6) is -0.439. The third-order valence-corrected chi connectivity index (χ3v) is 4.91. The molecule has 9 heteroatoms. The van der Waals surface area contributed by atoms with Crippen molar-refractivity contribution in [1.29, 1.82) is 0 Å². The molecular formula is C17H20ClN2NaO4S. The van der Waals surface area contributed by atoms with Gasteiger partial charge in [0.15, 0.2) is 0 Å². The largest absolute Gasteiger partial charge is 1.00 e. The van der Waals surface area contributed by atoms with E-state index in [0.29, 0.717) is 36.3 Å². The second-order valence-electron chi connectivity index (χ2n) is 5.77. The minimum atomic E-state index is -0.983. The summed E-state index contributed by atoms with van der Waals surface area (Å²) in [5.41, 5.74) is 0.751. The van der Waals surface area contributed by atoms with Gasteiger partial charge in [0.1, 0.15) is 17.5 Å². The van der Waals surface area contributed by atoms with E-state index < -0.39 is 5.97 Å². The average molecular weight is 407 g/mol. The Kier molecular flexibility index (Phi) is 9.54. The zero-order valence-electron chi connectivity index (χ0n) is 15.1. The van der Waals surface area contributed by atoms with Crippen molar-refractivity contribution in [3.8, 4) is 16.3 Å². The maximum absolute atomic E-state index is 11.6. The molecule has 1 saturated heterocycles. The van der Waals surface area contributed by atoms with Crippen LogP contribution in [0.1, 0.15) is 22.2 Å². The summed E-state index contributed by atoms with van der Waals surface area (Å²) < 4.78 is 11.4. The zero-order valence-corrected chi connectivity index (χ0v) is 18.6. The molecule has 2 heterocycles. The number of thiazole rings is 1. The molecule has 1 fully saturated rings. The van der Waals surface area contributed by atoms with Gasteiger partial charge in [-0.15, -0.1) is 11.3 Å². The van der Waals surface area contributed by atoms with Crippen LogP contribution < -0.4 is 46.7 Å². The smallest absolute Gasteiger partial charge is 1.00 e. The number of benzene rings is 1. The van der Waals surface area contributed by atoms with Crippen LogP contribution in [-0.4, -0.2) is 53.5 Å². The molecule has 0 radical (unpaired) electrons. The van der Waals surface area contributed by atoms with Crippen LogP contribution in [0.25, 0.3) is 10.6 Å². The standard InChI is InChI=1S/C17H20N2O4S.ClH.Na/c1-11-9-22-7-6-19(11)10-23-14-5-3-4-13(17(20)21)15(14)16-18-8-12(2)24-16;;/h3-5,8,11H,6-7,9-10H2,1-2H3,(H,20,21);1H;/q;;+1/p-1/t11-;;/m1../s1. The van der Waals surface area contributed by atoms with Crippen LogP contribution in [0.2, 0.25) is 0 Å². The predicted molar refractivity (Wildman–Crippen MR) is 91.7 cm³/mol. The fraction of sp³-hybridized carbons (Fsp3) is 0.412. The van der Waals surface area contributed by atoms with Gasteiger partial charge in [-0.2, -0.15) is 0 Å². The second kappa shape index (κ2) is 10.6. The molecule has 2 aromatic rings. The number of hydrogen-bond donors (Lipinski definition) is 1. The van der Waals surface area contributed by atoms with Crippen molar-refractivity contribution < 1.29 is 61.3 Å². The van der Waals surface area contributed by atoms with Crippen molar-refractivity contribution >= 4 is 17.3 Å². The van der Waals surface area contributed by atoms with Gasteiger partial charge >= 0.3 is 35.5 Å². The van der Waals surface area contributed by atoms with Gasteiger partial charge in [0.05, 0.1) is 24.3 Å². The van der Waals surface area contributed by atoms with E-state index in [1.54, 1.807) is 24.4 Å². The fourth-order valence-electron chi connectivity index (χ4n) is 2.63. The SMILES string of the molecule is Cc1cnc(-c2c(OCN3CCOC[C@H]3C)cccc2C(=O)O)s1.[Cl-].[Na+]. The van der Waals surface area contributed by atoms with Crippen molar-refractivity contribution in [2.45, 2.75) is 19.9 Å². The Bertz CT molecular complexity index is 743. The Morgan fingerprint density at radius 1 is 1.50 bits per heavy atom. The van der Waals surface area contributed by atoms with Gasteiger partial charge in [-0.1, -0.05) is 6.07 Å². The summed E-state index contributed by atoms with van der Waals surface area (Å²) in [4.78, 5) is 19.1. The maximum atomic E-state index is 11.6. The number of ether oxygens (including phenoxy) is 2. The summed E-state index contributed by atoms with van der Waals surface area (Å²) in [6.07, 6.45) is 1.74. The summed E-state index contributed by atoms with van der Waals surface area (Å²) in [6.45, 7) is 6.58. The fourth-order valence-corrected chi connectivity index (χ4v) is 3.45. The molecule has 0 spiro atoms. The molecule has 26 heavy (non-hydrogen) atoms. The Balaban J connectivity index is 0.00000169. The summed E-state index contributed by atoms with van der Waals surface area (Å²) in [5, 5.41) is 10.2. The molecule has 0 bridgehead atoms. The molecule has 1 aromatic heterocycles. The number of aromatic carboxylic acids is 1. The molecule has 1 N–H and O–H groups in total. The summed E-state index contributed by atoms with van der Waals surface area (Å²) in [6, 6.07) is 5.35. The van der Waals surface area contributed by atoms with Gasteiger partial charge < -0.3 is 27.0 Å². The minimum absolute atomic E-state index is 0. The van der Waals surface area contributed by atoms with Crippen LogP contribution in [-0.2, 0) is 4.74 Å². The van der Waals surface area contributed by atoms with E-state index in [2.05, 4.69) is 16.8 Å². The van der Waals surface area contributed by atoms with E-state index in [-0.39, 0.29) is 53.6 Å². The minimum Gasteiger partial charge on any atom is -1.00 e. The molecule has 0 aliphatic carbocycles. The Morgan fingerprint density at radius 2 is 2.27 bits per heavy atom. The molecule has 0 saturated carbocycles. The summed E-state index contributed by atoms with van der Waals surface area (Å²) in [7, 11) is 0. The number of nitrogens with zero attached hydrogens (tertiary/aromatic N) is 2. The molecule has 6 nitrogen and oxygen atoms in total. The van der Waals surface area contributed by atoms with Crippen molar-refractivity contribution in [3.63, 3.8) is 0 Å². The number of aryl methyl sites for hydroxylation is 1. The Labute approximate surface area is 185 Å². The normalized spacial score (nSPS) is 17.1. The van der Waals surface area contributed by atoms with E-state index >= 15 is 0 Å². The number of rotatable bonds is 5. The summed E-state index contributed by atoms with van der Waals surface area (Å²) >= 11 is 1.46.